The fourth-order valence-corrected chi connectivity index (χ4v) is 7.59. The van der Waals surface area contributed by atoms with E-state index in [4.69, 9.17) is 0 Å². The summed E-state index contributed by atoms with van der Waals surface area (Å²) in [7, 11) is 0. The number of aliphatic hydroxyl groups is 1. The second-order valence-corrected chi connectivity index (χ2v) is 11.9. The van der Waals surface area contributed by atoms with Gasteiger partial charge in [0.05, 0.1) is 6.10 Å². The Balaban J connectivity index is 1.57. The van der Waals surface area contributed by atoms with Gasteiger partial charge in [-0.2, -0.15) is 0 Å². The highest BCUT2D eigenvalue weighted by Crippen LogP contribution is 2.65. The zero-order valence-corrected chi connectivity index (χ0v) is 19.7. The average Bonchev–Trinajstić information content (AvgIpc) is 3.03. The maximum atomic E-state index is 10.2. The van der Waals surface area contributed by atoms with Crippen molar-refractivity contribution in [3.8, 4) is 0 Å². The molecule has 3 fully saturated rings. The van der Waals surface area contributed by atoms with Crippen molar-refractivity contribution in [3.05, 3.63) is 35.5 Å². The second-order valence-electron chi connectivity index (χ2n) is 11.9. The molecule has 0 aromatic carbocycles. The number of rotatable bonds is 4. The molecule has 4 aliphatic rings. The van der Waals surface area contributed by atoms with Crippen LogP contribution in [0, 0.1) is 46.3 Å². The zero-order valence-electron chi connectivity index (χ0n) is 19.7. The zero-order chi connectivity index (χ0) is 21.0. The monoisotopic (exact) mass is 396 g/mol. The average molecular weight is 397 g/mol. The molecule has 0 aromatic rings. The van der Waals surface area contributed by atoms with Gasteiger partial charge in [-0.3, -0.25) is 0 Å². The van der Waals surface area contributed by atoms with E-state index < -0.39 is 0 Å². The molecule has 3 saturated carbocycles. The molecule has 162 valence electrons. The van der Waals surface area contributed by atoms with Crippen LogP contribution in [0.2, 0.25) is 0 Å². The van der Waals surface area contributed by atoms with Gasteiger partial charge in [0.15, 0.2) is 0 Å². The Hall–Kier alpha value is -0.820. The molecule has 1 unspecified atom stereocenters. The highest BCUT2D eigenvalue weighted by atomic mass is 16.3. The molecular formula is C28H44O. The molecule has 0 saturated heterocycles. The van der Waals surface area contributed by atoms with Crippen LogP contribution in [0.5, 0.6) is 0 Å². The quantitative estimate of drug-likeness (QED) is 0.493. The van der Waals surface area contributed by atoms with Gasteiger partial charge in [0.2, 0.25) is 0 Å². The number of hydrogen-bond acceptors (Lipinski definition) is 1. The molecule has 0 aromatic heterocycles. The lowest BCUT2D eigenvalue weighted by Crippen LogP contribution is -2.46. The van der Waals surface area contributed by atoms with E-state index in [1.165, 1.54) is 37.7 Å². The van der Waals surface area contributed by atoms with E-state index in [-0.39, 0.29) is 6.10 Å². The smallest absolute Gasteiger partial charge is 0.0578 e. The first kappa shape index (κ1) is 21.4. The van der Waals surface area contributed by atoms with Crippen LogP contribution in [-0.2, 0) is 0 Å². The van der Waals surface area contributed by atoms with Crippen LogP contribution in [0.3, 0.4) is 0 Å². The first-order chi connectivity index (χ1) is 13.7. The highest BCUT2D eigenvalue weighted by Gasteiger charge is 2.56. The highest BCUT2D eigenvalue weighted by molar-refractivity contribution is 5.39. The van der Waals surface area contributed by atoms with Gasteiger partial charge in [-0.15, -0.1) is 0 Å². The summed E-state index contributed by atoms with van der Waals surface area (Å²) in [6.07, 6.45) is 18.4. The van der Waals surface area contributed by atoms with Gasteiger partial charge < -0.3 is 5.11 Å². The Morgan fingerprint density at radius 3 is 2.41 bits per heavy atom. The third-order valence-electron chi connectivity index (χ3n) is 10.0. The van der Waals surface area contributed by atoms with E-state index in [0.717, 1.165) is 36.5 Å². The molecule has 0 spiro atoms. The summed E-state index contributed by atoms with van der Waals surface area (Å²) in [4.78, 5) is 0. The van der Waals surface area contributed by atoms with Crippen LogP contribution in [0.4, 0.5) is 0 Å². The molecule has 0 radical (unpaired) electrons. The summed E-state index contributed by atoms with van der Waals surface area (Å²) in [6, 6.07) is 0. The van der Waals surface area contributed by atoms with Gasteiger partial charge in [0.1, 0.15) is 0 Å². The first-order valence-corrected chi connectivity index (χ1v) is 12.4. The minimum Gasteiger partial charge on any atom is -0.393 e. The molecule has 1 heteroatoms. The largest absolute Gasteiger partial charge is 0.393 e. The Kier molecular flexibility index (Phi) is 5.69. The minimum absolute atomic E-state index is 0.116. The lowest BCUT2D eigenvalue weighted by Gasteiger charge is -2.55. The van der Waals surface area contributed by atoms with Crippen LogP contribution < -0.4 is 0 Å². The van der Waals surface area contributed by atoms with Gasteiger partial charge in [-0.25, -0.2) is 0 Å². The van der Waals surface area contributed by atoms with E-state index in [9.17, 15) is 5.11 Å². The Morgan fingerprint density at radius 1 is 0.931 bits per heavy atom. The third-order valence-corrected chi connectivity index (χ3v) is 10.0. The summed E-state index contributed by atoms with van der Waals surface area (Å²) in [5.41, 5.74) is 4.07. The molecule has 0 aliphatic heterocycles. The predicted octanol–water partition coefficient (Wildman–Crippen LogP) is 7.33. The van der Waals surface area contributed by atoms with Gasteiger partial charge in [0.25, 0.3) is 0 Å². The topological polar surface area (TPSA) is 20.2 Å². The fourth-order valence-electron chi connectivity index (χ4n) is 7.59. The maximum Gasteiger partial charge on any atom is 0.0578 e. The van der Waals surface area contributed by atoms with Crippen molar-refractivity contribution in [2.75, 3.05) is 0 Å². The van der Waals surface area contributed by atoms with E-state index in [1.807, 2.05) is 0 Å². The Morgan fingerprint density at radius 2 is 1.69 bits per heavy atom. The van der Waals surface area contributed by atoms with Crippen molar-refractivity contribution in [2.24, 2.45) is 46.3 Å². The van der Waals surface area contributed by atoms with Gasteiger partial charge in [-0.05, 0) is 91.3 Å². The van der Waals surface area contributed by atoms with Crippen LogP contribution in [0.15, 0.2) is 35.5 Å². The SMILES string of the molecule is CC(C)[C@H](C)/C=C/[C@H](C)[C@H]1CCC2C3=CC=C4C[C@@H](O)CC[C@@]4(C)[C@@H]3CC[C@@]21C. The molecule has 0 bridgehead atoms. The molecule has 0 heterocycles. The van der Waals surface area contributed by atoms with E-state index in [2.05, 4.69) is 65.8 Å². The standard InChI is InChI=1S/C28H44O/c1-18(2)19(3)7-8-20(4)24-11-12-25-23-10-9-21-17-22(29)13-15-27(21,5)26(23)14-16-28(24,25)6/h7-10,18-20,22,24-26,29H,11-17H2,1-6H3/b8-7+/t19-,20+,22+,24-,25?,26-,27-,28-/m1/s1. The maximum absolute atomic E-state index is 10.2. The fraction of sp³-hybridized carbons (Fsp3) is 0.786. The van der Waals surface area contributed by atoms with Gasteiger partial charge >= 0.3 is 0 Å². The predicted molar refractivity (Wildman–Crippen MR) is 123 cm³/mol. The lowest BCUT2D eigenvalue weighted by atomic mass is 9.50. The Bertz CT molecular complexity index is 712. The molecule has 4 aliphatic carbocycles. The van der Waals surface area contributed by atoms with Crippen molar-refractivity contribution in [1.29, 1.82) is 0 Å². The third kappa shape index (κ3) is 3.50. The first-order valence-electron chi connectivity index (χ1n) is 12.4. The number of hydrogen-bond donors (Lipinski definition) is 1. The molecule has 1 nitrogen and oxygen atoms in total. The normalized spacial score (nSPS) is 44.0. The number of aliphatic hydroxyl groups excluding tert-OH is 1. The molecule has 4 rings (SSSR count). The van der Waals surface area contributed by atoms with Gasteiger partial charge in [0, 0.05) is 0 Å². The van der Waals surface area contributed by atoms with E-state index in [0.29, 0.717) is 22.7 Å². The summed E-state index contributed by atoms with van der Waals surface area (Å²) in [6.45, 7) is 14.6. The van der Waals surface area contributed by atoms with Crippen LogP contribution >= 0.6 is 0 Å². The van der Waals surface area contributed by atoms with E-state index in [1.54, 1.807) is 5.57 Å². The molecule has 1 N–H and O–H groups in total. The van der Waals surface area contributed by atoms with Crippen molar-refractivity contribution < 1.29 is 5.11 Å². The summed E-state index contributed by atoms with van der Waals surface area (Å²) in [5.74, 6) is 4.38. The number of fused-ring (bicyclic) bond motifs is 5. The molecular weight excluding hydrogens is 352 g/mol. The number of allylic oxidation sites excluding steroid dienone is 5. The van der Waals surface area contributed by atoms with E-state index >= 15 is 0 Å². The summed E-state index contributed by atoms with van der Waals surface area (Å²) in [5, 5.41) is 10.2. The molecule has 0 amide bonds. The summed E-state index contributed by atoms with van der Waals surface area (Å²) < 4.78 is 0. The van der Waals surface area contributed by atoms with Crippen molar-refractivity contribution in [2.45, 2.75) is 92.6 Å². The van der Waals surface area contributed by atoms with Crippen molar-refractivity contribution in [1.82, 2.24) is 0 Å². The van der Waals surface area contributed by atoms with Crippen molar-refractivity contribution in [3.63, 3.8) is 0 Å². The Labute approximate surface area is 179 Å². The molecule has 29 heavy (non-hydrogen) atoms. The second kappa shape index (κ2) is 7.70. The van der Waals surface area contributed by atoms with Crippen molar-refractivity contribution >= 4 is 0 Å². The van der Waals surface area contributed by atoms with Gasteiger partial charge in [-0.1, -0.05) is 77.0 Å². The van der Waals surface area contributed by atoms with Crippen LogP contribution in [0.25, 0.3) is 0 Å². The van der Waals surface area contributed by atoms with Crippen LogP contribution in [-0.4, -0.2) is 11.2 Å². The lowest BCUT2D eigenvalue weighted by molar-refractivity contribution is 0.0382. The van der Waals surface area contributed by atoms with Crippen LogP contribution in [0.1, 0.15) is 86.5 Å². The summed E-state index contributed by atoms with van der Waals surface area (Å²) >= 11 is 0. The minimum atomic E-state index is -0.116. The molecule has 8 atom stereocenters.